The third-order valence-electron chi connectivity index (χ3n) is 2.53. The van der Waals surface area contributed by atoms with E-state index in [1.165, 1.54) is 0 Å². The quantitative estimate of drug-likeness (QED) is 0.566. The molecule has 15 heavy (non-hydrogen) atoms. The van der Waals surface area contributed by atoms with Gasteiger partial charge in [0, 0.05) is 12.6 Å². The average molecular weight is 209 g/mol. The first-order valence-electron chi connectivity index (χ1n) is 5.28. The molecule has 0 bridgehead atoms. The molecule has 0 aliphatic carbocycles. The van der Waals surface area contributed by atoms with Gasteiger partial charge in [-0.05, 0) is 20.3 Å². The van der Waals surface area contributed by atoms with Gasteiger partial charge in [0.1, 0.15) is 5.82 Å². The zero-order valence-corrected chi connectivity index (χ0v) is 9.57. The van der Waals surface area contributed by atoms with Crippen LogP contribution in [0.25, 0.3) is 0 Å². The molecule has 5 heteroatoms. The molecule has 0 saturated heterocycles. The van der Waals surface area contributed by atoms with Crippen molar-refractivity contribution >= 4 is 11.6 Å². The molecule has 0 spiro atoms. The molecule has 0 aromatic carbocycles. The molecular formula is C10H19N5. The molecule has 1 heterocycles. The number of anilines is 2. The third kappa shape index (κ3) is 2.79. The standard InChI is InChI=1S/C10H19N5/c1-4-8(3)15(5-2)10-7-12-6-9(13-10)14-11/h6-8H,4-5,11H2,1-3H3,(H,13,14). The second-order valence-electron chi connectivity index (χ2n) is 3.45. The summed E-state index contributed by atoms with van der Waals surface area (Å²) < 4.78 is 0. The van der Waals surface area contributed by atoms with Gasteiger partial charge in [0.25, 0.3) is 0 Å². The van der Waals surface area contributed by atoms with Gasteiger partial charge in [0.15, 0.2) is 5.82 Å². The molecule has 84 valence electrons. The zero-order chi connectivity index (χ0) is 11.3. The molecule has 0 amide bonds. The lowest BCUT2D eigenvalue weighted by atomic mass is 10.2. The van der Waals surface area contributed by atoms with E-state index in [9.17, 15) is 0 Å². The molecule has 0 aliphatic heterocycles. The fourth-order valence-corrected chi connectivity index (χ4v) is 1.48. The highest BCUT2D eigenvalue weighted by molar-refractivity contribution is 5.43. The van der Waals surface area contributed by atoms with Crippen molar-refractivity contribution in [2.24, 2.45) is 5.84 Å². The number of hydrazine groups is 1. The molecule has 1 aromatic heterocycles. The van der Waals surface area contributed by atoms with E-state index in [0.29, 0.717) is 11.9 Å². The van der Waals surface area contributed by atoms with Gasteiger partial charge in [-0.2, -0.15) is 0 Å². The van der Waals surface area contributed by atoms with Crippen molar-refractivity contribution in [3.05, 3.63) is 12.4 Å². The predicted octanol–water partition coefficient (Wildman–Crippen LogP) is 1.39. The first-order chi connectivity index (χ1) is 7.22. The lowest BCUT2D eigenvalue weighted by molar-refractivity contribution is 0.622. The molecule has 3 N–H and O–H groups in total. The molecule has 1 atom stereocenters. The second-order valence-corrected chi connectivity index (χ2v) is 3.45. The van der Waals surface area contributed by atoms with Gasteiger partial charge in [-0.15, -0.1) is 0 Å². The molecule has 0 fully saturated rings. The van der Waals surface area contributed by atoms with E-state index in [4.69, 9.17) is 5.84 Å². The summed E-state index contributed by atoms with van der Waals surface area (Å²) in [6, 6.07) is 0.456. The summed E-state index contributed by atoms with van der Waals surface area (Å²) >= 11 is 0. The second kappa shape index (κ2) is 5.50. The topological polar surface area (TPSA) is 67.1 Å². The number of nitrogens with two attached hydrogens (primary N) is 1. The van der Waals surface area contributed by atoms with Crippen LogP contribution >= 0.6 is 0 Å². The summed E-state index contributed by atoms with van der Waals surface area (Å²) in [7, 11) is 0. The van der Waals surface area contributed by atoms with Gasteiger partial charge < -0.3 is 10.3 Å². The van der Waals surface area contributed by atoms with Crippen molar-refractivity contribution in [1.82, 2.24) is 9.97 Å². The minimum absolute atomic E-state index is 0.456. The van der Waals surface area contributed by atoms with Crippen molar-refractivity contribution in [2.75, 3.05) is 16.9 Å². The Hall–Kier alpha value is -1.36. The van der Waals surface area contributed by atoms with Gasteiger partial charge in [-0.1, -0.05) is 6.92 Å². The van der Waals surface area contributed by atoms with Gasteiger partial charge in [0.05, 0.1) is 12.4 Å². The highest BCUT2D eigenvalue weighted by Crippen LogP contribution is 2.15. The SMILES string of the molecule is CCC(C)N(CC)c1cncc(NN)n1. The van der Waals surface area contributed by atoms with Crippen molar-refractivity contribution in [3.8, 4) is 0 Å². The fourth-order valence-electron chi connectivity index (χ4n) is 1.48. The number of nitrogen functional groups attached to an aromatic ring is 1. The molecule has 5 nitrogen and oxygen atoms in total. The van der Waals surface area contributed by atoms with E-state index >= 15 is 0 Å². The number of nitrogens with zero attached hydrogens (tertiary/aromatic N) is 3. The van der Waals surface area contributed by atoms with Crippen LogP contribution < -0.4 is 16.2 Å². The van der Waals surface area contributed by atoms with E-state index in [1.54, 1.807) is 12.4 Å². The van der Waals surface area contributed by atoms with E-state index < -0.39 is 0 Å². The van der Waals surface area contributed by atoms with E-state index in [1.807, 2.05) is 0 Å². The van der Waals surface area contributed by atoms with Crippen LogP contribution in [0.1, 0.15) is 27.2 Å². The maximum absolute atomic E-state index is 5.30. The van der Waals surface area contributed by atoms with Crippen molar-refractivity contribution in [1.29, 1.82) is 0 Å². The Labute approximate surface area is 90.7 Å². The fraction of sp³-hybridized carbons (Fsp3) is 0.600. The van der Waals surface area contributed by atoms with Crippen LogP contribution in [0.2, 0.25) is 0 Å². The Morgan fingerprint density at radius 1 is 1.47 bits per heavy atom. The molecular weight excluding hydrogens is 190 g/mol. The van der Waals surface area contributed by atoms with Crippen molar-refractivity contribution in [3.63, 3.8) is 0 Å². The molecule has 1 unspecified atom stereocenters. The summed E-state index contributed by atoms with van der Waals surface area (Å²) in [6.07, 6.45) is 4.44. The van der Waals surface area contributed by atoms with Crippen LogP contribution in [0.15, 0.2) is 12.4 Å². The van der Waals surface area contributed by atoms with Crippen LogP contribution in [0.5, 0.6) is 0 Å². The lowest BCUT2D eigenvalue weighted by Gasteiger charge is -2.28. The van der Waals surface area contributed by atoms with Gasteiger partial charge in [-0.3, -0.25) is 4.98 Å². The summed E-state index contributed by atoms with van der Waals surface area (Å²) in [5, 5.41) is 0. The zero-order valence-electron chi connectivity index (χ0n) is 9.57. The van der Waals surface area contributed by atoms with E-state index in [-0.39, 0.29) is 0 Å². The highest BCUT2D eigenvalue weighted by atomic mass is 15.3. The normalized spacial score (nSPS) is 12.3. The van der Waals surface area contributed by atoms with Crippen LogP contribution in [0.4, 0.5) is 11.6 Å². The number of hydrogen-bond acceptors (Lipinski definition) is 5. The minimum Gasteiger partial charge on any atom is -0.353 e. The van der Waals surface area contributed by atoms with Crippen LogP contribution in [-0.4, -0.2) is 22.6 Å². The molecule has 0 aliphatic rings. The van der Waals surface area contributed by atoms with E-state index in [0.717, 1.165) is 18.8 Å². The number of aromatic nitrogens is 2. The lowest BCUT2D eigenvalue weighted by Crippen LogP contribution is -2.33. The Kier molecular flexibility index (Phi) is 4.30. The molecule has 0 saturated carbocycles. The first-order valence-corrected chi connectivity index (χ1v) is 5.28. The average Bonchev–Trinajstić information content (AvgIpc) is 2.30. The number of hydrogen-bond donors (Lipinski definition) is 2. The van der Waals surface area contributed by atoms with Crippen LogP contribution in [0, 0.1) is 0 Å². The molecule has 1 rings (SSSR count). The molecule has 1 aromatic rings. The predicted molar refractivity (Wildman–Crippen MR) is 62.6 cm³/mol. The summed E-state index contributed by atoms with van der Waals surface area (Å²) in [5.74, 6) is 6.75. The summed E-state index contributed by atoms with van der Waals surface area (Å²) in [4.78, 5) is 10.7. The van der Waals surface area contributed by atoms with Crippen molar-refractivity contribution < 1.29 is 0 Å². The molecule has 0 radical (unpaired) electrons. The van der Waals surface area contributed by atoms with Gasteiger partial charge in [0.2, 0.25) is 0 Å². The van der Waals surface area contributed by atoms with Gasteiger partial charge in [-0.25, -0.2) is 10.8 Å². The summed E-state index contributed by atoms with van der Waals surface area (Å²) in [5.41, 5.74) is 2.50. The van der Waals surface area contributed by atoms with Crippen LogP contribution in [0.3, 0.4) is 0 Å². The van der Waals surface area contributed by atoms with E-state index in [2.05, 4.69) is 41.1 Å². The maximum Gasteiger partial charge on any atom is 0.160 e. The number of rotatable bonds is 5. The Morgan fingerprint density at radius 3 is 2.73 bits per heavy atom. The van der Waals surface area contributed by atoms with Crippen molar-refractivity contribution in [2.45, 2.75) is 33.2 Å². The minimum atomic E-state index is 0.456. The van der Waals surface area contributed by atoms with Crippen LogP contribution in [-0.2, 0) is 0 Å². The summed E-state index contributed by atoms with van der Waals surface area (Å²) in [6.45, 7) is 7.35. The number of nitrogens with one attached hydrogen (secondary N) is 1. The third-order valence-corrected chi connectivity index (χ3v) is 2.53. The van der Waals surface area contributed by atoms with Gasteiger partial charge >= 0.3 is 0 Å². The Bertz CT molecular complexity index is 302. The maximum atomic E-state index is 5.30. The largest absolute Gasteiger partial charge is 0.353 e. The smallest absolute Gasteiger partial charge is 0.160 e. The Balaban J connectivity index is 2.91. The highest BCUT2D eigenvalue weighted by Gasteiger charge is 2.12. The first kappa shape index (κ1) is 11.7. The monoisotopic (exact) mass is 209 g/mol. The Morgan fingerprint density at radius 2 is 2.20 bits per heavy atom.